The van der Waals surface area contributed by atoms with Crippen LogP contribution in [0.1, 0.15) is 23.1 Å². The summed E-state index contributed by atoms with van der Waals surface area (Å²) in [4.78, 5) is 34.1. The van der Waals surface area contributed by atoms with Gasteiger partial charge in [0.05, 0.1) is 23.1 Å². The fourth-order valence-corrected chi connectivity index (χ4v) is 3.15. The molecule has 29 heavy (non-hydrogen) atoms. The Kier molecular flexibility index (Phi) is 5.05. The van der Waals surface area contributed by atoms with Crippen LogP contribution in [0.2, 0.25) is 5.02 Å². The summed E-state index contributed by atoms with van der Waals surface area (Å²) in [6.07, 6.45) is 1.45. The quantitative estimate of drug-likeness (QED) is 0.541. The predicted molar refractivity (Wildman–Crippen MR) is 107 cm³/mol. The summed E-state index contributed by atoms with van der Waals surface area (Å²) < 4.78 is 1.47. The predicted octanol–water partition coefficient (Wildman–Crippen LogP) is 2.21. The second kappa shape index (κ2) is 7.80. The lowest BCUT2D eigenvalue weighted by Crippen LogP contribution is -2.32. The molecule has 4 rings (SSSR count). The number of halogens is 1. The standard InChI is InChI=1S/C19H16ClN7O2/c1-2-26(10-17-22-16-9-13(20)6-7-15(16)18(28)23-17)19(29)12-4-3-5-14(8-12)27-11-21-24-25-27/h3-9,11H,2,10H2,1H3,(H,22,23,28). The molecule has 0 aliphatic rings. The van der Waals surface area contributed by atoms with Crippen LogP contribution >= 0.6 is 11.6 Å². The van der Waals surface area contributed by atoms with Crippen LogP contribution in [0, 0.1) is 0 Å². The minimum Gasteiger partial charge on any atom is -0.331 e. The lowest BCUT2D eigenvalue weighted by molar-refractivity contribution is 0.0748. The third-order valence-corrected chi connectivity index (χ3v) is 4.67. The largest absolute Gasteiger partial charge is 0.331 e. The number of benzene rings is 2. The second-order valence-corrected chi connectivity index (χ2v) is 6.73. The number of carbonyl (C=O) groups excluding carboxylic acids is 1. The lowest BCUT2D eigenvalue weighted by atomic mass is 10.1. The molecule has 0 unspecified atom stereocenters. The molecule has 0 saturated carbocycles. The number of aromatic nitrogens is 6. The third-order valence-electron chi connectivity index (χ3n) is 4.43. The van der Waals surface area contributed by atoms with E-state index in [1.165, 1.54) is 11.0 Å². The van der Waals surface area contributed by atoms with Gasteiger partial charge < -0.3 is 9.88 Å². The van der Waals surface area contributed by atoms with Gasteiger partial charge in [-0.15, -0.1) is 5.10 Å². The molecule has 0 bridgehead atoms. The molecule has 1 N–H and O–H groups in total. The topological polar surface area (TPSA) is 110 Å². The van der Waals surface area contributed by atoms with Crippen molar-refractivity contribution in [2.24, 2.45) is 0 Å². The maximum absolute atomic E-state index is 13.0. The normalized spacial score (nSPS) is 11.0. The fourth-order valence-electron chi connectivity index (χ4n) is 2.99. The highest BCUT2D eigenvalue weighted by molar-refractivity contribution is 6.31. The van der Waals surface area contributed by atoms with E-state index in [1.54, 1.807) is 47.4 Å². The van der Waals surface area contributed by atoms with Crippen LogP contribution in [-0.2, 0) is 6.54 Å². The molecular weight excluding hydrogens is 394 g/mol. The van der Waals surface area contributed by atoms with E-state index in [0.717, 1.165) is 0 Å². The zero-order valence-corrected chi connectivity index (χ0v) is 16.2. The molecule has 146 valence electrons. The Hall–Kier alpha value is -3.59. The maximum Gasteiger partial charge on any atom is 0.258 e. The Balaban J connectivity index is 1.63. The SMILES string of the molecule is CCN(Cc1nc2cc(Cl)ccc2c(=O)[nH]1)C(=O)c1cccc(-n2cnnn2)c1. The first-order valence-corrected chi connectivity index (χ1v) is 9.24. The molecule has 9 nitrogen and oxygen atoms in total. The Morgan fingerprint density at radius 3 is 2.86 bits per heavy atom. The van der Waals surface area contributed by atoms with Gasteiger partial charge in [-0.2, -0.15) is 0 Å². The van der Waals surface area contributed by atoms with E-state index in [9.17, 15) is 9.59 Å². The van der Waals surface area contributed by atoms with Crippen molar-refractivity contribution in [2.45, 2.75) is 13.5 Å². The lowest BCUT2D eigenvalue weighted by Gasteiger charge is -2.20. The highest BCUT2D eigenvalue weighted by atomic mass is 35.5. The molecule has 1 amide bonds. The summed E-state index contributed by atoms with van der Waals surface area (Å²) in [6, 6.07) is 11.9. The molecule has 2 aromatic carbocycles. The van der Waals surface area contributed by atoms with Gasteiger partial charge in [0.1, 0.15) is 12.2 Å². The summed E-state index contributed by atoms with van der Waals surface area (Å²) in [6.45, 7) is 2.45. The van der Waals surface area contributed by atoms with E-state index >= 15 is 0 Å². The maximum atomic E-state index is 13.0. The summed E-state index contributed by atoms with van der Waals surface area (Å²) >= 11 is 6.01. The fraction of sp³-hybridized carbons (Fsp3) is 0.158. The van der Waals surface area contributed by atoms with E-state index in [1.807, 2.05) is 6.92 Å². The first-order valence-electron chi connectivity index (χ1n) is 8.86. The van der Waals surface area contributed by atoms with E-state index in [4.69, 9.17) is 11.6 Å². The van der Waals surface area contributed by atoms with Crippen molar-refractivity contribution >= 4 is 28.4 Å². The van der Waals surface area contributed by atoms with Crippen molar-refractivity contribution in [3.05, 3.63) is 75.6 Å². The summed E-state index contributed by atoms with van der Waals surface area (Å²) in [5.74, 6) is 0.188. The molecule has 4 aromatic rings. The number of amides is 1. The van der Waals surface area contributed by atoms with Crippen LogP contribution in [0.4, 0.5) is 0 Å². The Bertz CT molecular complexity index is 1240. The third kappa shape index (κ3) is 3.85. The molecule has 0 atom stereocenters. The van der Waals surface area contributed by atoms with E-state index in [2.05, 4.69) is 25.5 Å². The minimum atomic E-state index is -0.272. The molecule has 0 aliphatic heterocycles. The molecule has 0 radical (unpaired) electrons. The highest BCUT2D eigenvalue weighted by Gasteiger charge is 2.17. The number of nitrogens with zero attached hydrogens (tertiary/aromatic N) is 6. The molecule has 0 saturated heterocycles. The molecule has 2 aromatic heterocycles. The number of rotatable bonds is 5. The second-order valence-electron chi connectivity index (χ2n) is 6.30. The Labute approximate surface area is 169 Å². The van der Waals surface area contributed by atoms with Gasteiger partial charge >= 0.3 is 0 Å². The molecule has 10 heteroatoms. The number of carbonyl (C=O) groups is 1. The van der Waals surface area contributed by atoms with Crippen molar-refractivity contribution in [3.8, 4) is 5.69 Å². The van der Waals surface area contributed by atoms with Gasteiger partial charge in [0.15, 0.2) is 0 Å². The van der Waals surface area contributed by atoms with E-state index in [-0.39, 0.29) is 18.0 Å². The number of nitrogens with one attached hydrogen (secondary N) is 1. The molecular formula is C19H16ClN7O2. The zero-order chi connectivity index (χ0) is 20.4. The number of fused-ring (bicyclic) bond motifs is 1. The molecule has 0 aliphatic carbocycles. The Morgan fingerprint density at radius 2 is 2.10 bits per heavy atom. The molecule has 0 fully saturated rings. The smallest absolute Gasteiger partial charge is 0.258 e. The van der Waals surface area contributed by atoms with Gasteiger partial charge in [0.25, 0.3) is 11.5 Å². The first kappa shape index (κ1) is 18.8. The summed E-state index contributed by atoms with van der Waals surface area (Å²) in [7, 11) is 0. The van der Waals surface area contributed by atoms with Crippen molar-refractivity contribution in [1.82, 2.24) is 35.1 Å². The highest BCUT2D eigenvalue weighted by Crippen LogP contribution is 2.16. The van der Waals surface area contributed by atoms with Gasteiger partial charge in [-0.05, 0) is 53.7 Å². The average Bonchev–Trinajstić information content (AvgIpc) is 3.26. The Morgan fingerprint density at radius 1 is 1.24 bits per heavy atom. The number of hydrogen-bond donors (Lipinski definition) is 1. The van der Waals surface area contributed by atoms with Crippen LogP contribution in [-0.4, -0.2) is 47.5 Å². The van der Waals surface area contributed by atoms with Crippen LogP contribution in [0.3, 0.4) is 0 Å². The van der Waals surface area contributed by atoms with Crippen molar-refractivity contribution < 1.29 is 4.79 Å². The minimum absolute atomic E-state index is 0.155. The summed E-state index contributed by atoms with van der Waals surface area (Å²) in [5, 5.41) is 12.0. The van der Waals surface area contributed by atoms with Crippen LogP contribution in [0.5, 0.6) is 0 Å². The van der Waals surface area contributed by atoms with Gasteiger partial charge in [-0.3, -0.25) is 9.59 Å². The zero-order valence-electron chi connectivity index (χ0n) is 15.4. The number of tetrazole rings is 1. The van der Waals surface area contributed by atoms with E-state index in [0.29, 0.717) is 39.5 Å². The average molecular weight is 410 g/mol. The van der Waals surface area contributed by atoms with Gasteiger partial charge in [-0.25, -0.2) is 9.67 Å². The molecule has 0 spiro atoms. The van der Waals surface area contributed by atoms with Gasteiger partial charge in [0.2, 0.25) is 0 Å². The van der Waals surface area contributed by atoms with Gasteiger partial charge in [-0.1, -0.05) is 17.7 Å². The van der Waals surface area contributed by atoms with E-state index < -0.39 is 0 Å². The van der Waals surface area contributed by atoms with Crippen molar-refractivity contribution in [3.63, 3.8) is 0 Å². The number of aromatic amines is 1. The summed E-state index contributed by atoms with van der Waals surface area (Å²) in [5.41, 5.74) is 1.36. The van der Waals surface area contributed by atoms with Crippen LogP contribution in [0.25, 0.3) is 16.6 Å². The van der Waals surface area contributed by atoms with Gasteiger partial charge in [0, 0.05) is 17.1 Å². The van der Waals surface area contributed by atoms with Crippen molar-refractivity contribution in [1.29, 1.82) is 0 Å². The van der Waals surface area contributed by atoms with Crippen LogP contribution < -0.4 is 5.56 Å². The monoisotopic (exact) mass is 409 g/mol. The number of H-pyrrole nitrogens is 1. The first-order chi connectivity index (χ1) is 14.0. The molecule has 2 heterocycles. The number of hydrogen-bond acceptors (Lipinski definition) is 6. The van der Waals surface area contributed by atoms with Crippen molar-refractivity contribution in [2.75, 3.05) is 6.54 Å². The van der Waals surface area contributed by atoms with Crippen LogP contribution in [0.15, 0.2) is 53.6 Å².